The maximum Gasteiger partial charge on any atom is 0.115 e. The molecule has 1 unspecified atom stereocenters. The lowest BCUT2D eigenvalue weighted by atomic mass is 9.95. The van der Waals surface area contributed by atoms with E-state index in [4.69, 9.17) is 9.72 Å². The zero-order valence-corrected chi connectivity index (χ0v) is 12.0. The van der Waals surface area contributed by atoms with Crippen LogP contribution in [0.25, 0.3) is 11.0 Å². The van der Waals surface area contributed by atoms with E-state index in [0.717, 1.165) is 30.9 Å². The number of fused-ring (bicyclic) bond motifs is 1. The molecule has 1 aromatic carbocycles. The van der Waals surface area contributed by atoms with Gasteiger partial charge < -0.3 is 9.30 Å². The molecule has 3 heteroatoms. The number of para-hydroxylation sites is 2. The van der Waals surface area contributed by atoms with Crippen LogP contribution in [0, 0.1) is 0 Å². The molecule has 3 rings (SSSR count). The minimum atomic E-state index is 0.0532. The first kappa shape index (κ1) is 12.7. The zero-order chi connectivity index (χ0) is 13.5. The molecule has 0 amide bonds. The number of aromatic nitrogens is 2. The SMILES string of the molecule is CC(C)(C)c1nc2ccccc2n1CC1CCCO1. The van der Waals surface area contributed by atoms with E-state index in [-0.39, 0.29) is 5.41 Å². The van der Waals surface area contributed by atoms with Gasteiger partial charge in [0.2, 0.25) is 0 Å². The summed E-state index contributed by atoms with van der Waals surface area (Å²) in [4.78, 5) is 4.83. The number of hydrogen-bond donors (Lipinski definition) is 0. The molecule has 0 N–H and O–H groups in total. The molecule has 1 aliphatic rings. The van der Waals surface area contributed by atoms with Gasteiger partial charge in [-0.15, -0.1) is 0 Å². The topological polar surface area (TPSA) is 27.1 Å². The highest BCUT2D eigenvalue weighted by atomic mass is 16.5. The van der Waals surface area contributed by atoms with Crippen molar-refractivity contribution in [3.63, 3.8) is 0 Å². The molecular weight excluding hydrogens is 236 g/mol. The van der Waals surface area contributed by atoms with E-state index in [1.807, 2.05) is 0 Å². The van der Waals surface area contributed by atoms with E-state index in [1.54, 1.807) is 0 Å². The largest absolute Gasteiger partial charge is 0.376 e. The monoisotopic (exact) mass is 258 g/mol. The second-order valence-electron chi connectivity index (χ2n) is 6.42. The average Bonchev–Trinajstić information content (AvgIpc) is 2.97. The average molecular weight is 258 g/mol. The van der Waals surface area contributed by atoms with Gasteiger partial charge >= 0.3 is 0 Å². The summed E-state index contributed by atoms with van der Waals surface area (Å²) in [6, 6.07) is 8.39. The number of benzene rings is 1. The highest BCUT2D eigenvalue weighted by Crippen LogP contribution is 2.28. The Bertz CT molecular complexity index is 574. The van der Waals surface area contributed by atoms with Crippen LogP contribution in [0.1, 0.15) is 39.4 Å². The van der Waals surface area contributed by atoms with Gasteiger partial charge in [0.15, 0.2) is 0 Å². The molecule has 0 spiro atoms. The molecule has 0 bridgehead atoms. The van der Waals surface area contributed by atoms with Gasteiger partial charge in [0.05, 0.1) is 23.7 Å². The third kappa shape index (κ3) is 2.39. The molecule has 102 valence electrons. The second kappa shape index (κ2) is 4.64. The third-order valence-corrected chi connectivity index (χ3v) is 3.74. The quantitative estimate of drug-likeness (QED) is 0.824. The van der Waals surface area contributed by atoms with Crippen LogP contribution in [0.3, 0.4) is 0 Å². The Morgan fingerprint density at radius 3 is 2.79 bits per heavy atom. The van der Waals surface area contributed by atoms with Crippen molar-refractivity contribution in [2.45, 2.75) is 51.7 Å². The molecule has 1 fully saturated rings. The molecule has 1 aliphatic heterocycles. The number of ether oxygens (including phenoxy) is 1. The maximum atomic E-state index is 5.79. The highest BCUT2D eigenvalue weighted by molar-refractivity contribution is 5.76. The van der Waals surface area contributed by atoms with Gasteiger partial charge in [0.1, 0.15) is 5.82 Å². The summed E-state index contributed by atoms with van der Waals surface area (Å²) in [6.07, 6.45) is 2.69. The second-order valence-corrected chi connectivity index (χ2v) is 6.42. The standard InChI is InChI=1S/C16H22N2O/c1-16(2,3)15-17-13-8-4-5-9-14(13)18(15)11-12-7-6-10-19-12/h4-5,8-9,12H,6-7,10-11H2,1-3H3. The minimum absolute atomic E-state index is 0.0532. The fraction of sp³-hybridized carbons (Fsp3) is 0.562. The Hall–Kier alpha value is -1.35. The first-order valence-electron chi connectivity index (χ1n) is 7.13. The summed E-state index contributed by atoms with van der Waals surface area (Å²) in [5, 5.41) is 0. The van der Waals surface area contributed by atoms with Crippen LogP contribution < -0.4 is 0 Å². The molecule has 2 heterocycles. The summed E-state index contributed by atoms with van der Waals surface area (Å²) < 4.78 is 8.15. The molecule has 0 aliphatic carbocycles. The predicted molar refractivity (Wildman–Crippen MR) is 77.4 cm³/mol. The summed E-state index contributed by atoms with van der Waals surface area (Å²) in [6.45, 7) is 8.50. The number of imidazole rings is 1. The van der Waals surface area contributed by atoms with Crippen LogP contribution in [0.4, 0.5) is 0 Å². The van der Waals surface area contributed by atoms with Crippen LogP contribution in [0.2, 0.25) is 0 Å². The van der Waals surface area contributed by atoms with E-state index in [1.165, 1.54) is 11.9 Å². The molecule has 1 aromatic heterocycles. The molecule has 1 saturated heterocycles. The van der Waals surface area contributed by atoms with Crippen molar-refractivity contribution in [2.75, 3.05) is 6.61 Å². The van der Waals surface area contributed by atoms with Crippen molar-refractivity contribution >= 4 is 11.0 Å². The molecule has 0 saturated carbocycles. The summed E-state index contributed by atoms with van der Waals surface area (Å²) in [5.74, 6) is 1.16. The third-order valence-electron chi connectivity index (χ3n) is 3.74. The zero-order valence-electron chi connectivity index (χ0n) is 12.0. The Kier molecular flexibility index (Phi) is 3.09. The Labute approximate surface area is 114 Å². The van der Waals surface area contributed by atoms with Crippen LogP contribution in [-0.4, -0.2) is 22.3 Å². The summed E-state index contributed by atoms with van der Waals surface area (Å²) in [7, 11) is 0. The van der Waals surface area contributed by atoms with Gasteiger partial charge in [0, 0.05) is 12.0 Å². The Morgan fingerprint density at radius 2 is 2.11 bits per heavy atom. The van der Waals surface area contributed by atoms with Gasteiger partial charge in [0.25, 0.3) is 0 Å². The van der Waals surface area contributed by atoms with Crippen molar-refractivity contribution in [1.82, 2.24) is 9.55 Å². The van der Waals surface area contributed by atoms with Crippen LogP contribution in [0.15, 0.2) is 24.3 Å². The lowest BCUT2D eigenvalue weighted by Gasteiger charge is -2.22. The first-order valence-corrected chi connectivity index (χ1v) is 7.13. The van der Waals surface area contributed by atoms with Gasteiger partial charge in [-0.2, -0.15) is 0 Å². The van der Waals surface area contributed by atoms with Crippen molar-refractivity contribution in [1.29, 1.82) is 0 Å². The lowest BCUT2D eigenvalue weighted by molar-refractivity contribution is 0.0965. The normalized spacial score (nSPS) is 20.3. The number of nitrogens with zero attached hydrogens (tertiary/aromatic N) is 2. The van der Waals surface area contributed by atoms with Gasteiger partial charge in [-0.3, -0.25) is 0 Å². The van der Waals surface area contributed by atoms with Crippen LogP contribution in [-0.2, 0) is 16.7 Å². The van der Waals surface area contributed by atoms with Gasteiger partial charge in [-0.25, -0.2) is 4.98 Å². The summed E-state index contributed by atoms with van der Waals surface area (Å²) >= 11 is 0. The van der Waals surface area contributed by atoms with Crippen LogP contribution >= 0.6 is 0 Å². The van der Waals surface area contributed by atoms with Gasteiger partial charge in [-0.05, 0) is 25.0 Å². The van der Waals surface area contributed by atoms with E-state index < -0.39 is 0 Å². The molecule has 1 atom stereocenters. The smallest absolute Gasteiger partial charge is 0.115 e. The van der Waals surface area contributed by atoms with Crippen molar-refractivity contribution in [3.8, 4) is 0 Å². The molecular formula is C16H22N2O. The van der Waals surface area contributed by atoms with E-state index in [9.17, 15) is 0 Å². The van der Waals surface area contributed by atoms with Crippen molar-refractivity contribution in [3.05, 3.63) is 30.1 Å². The van der Waals surface area contributed by atoms with E-state index in [0.29, 0.717) is 6.10 Å². The lowest BCUT2D eigenvalue weighted by Crippen LogP contribution is -2.23. The van der Waals surface area contributed by atoms with E-state index >= 15 is 0 Å². The predicted octanol–water partition coefficient (Wildman–Crippen LogP) is 3.51. The molecule has 2 aromatic rings. The van der Waals surface area contributed by atoms with Crippen molar-refractivity contribution in [2.24, 2.45) is 0 Å². The van der Waals surface area contributed by atoms with Crippen molar-refractivity contribution < 1.29 is 4.74 Å². The number of hydrogen-bond acceptors (Lipinski definition) is 2. The van der Waals surface area contributed by atoms with E-state index in [2.05, 4.69) is 49.6 Å². The fourth-order valence-electron chi connectivity index (χ4n) is 2.82. The Balaban J connectivity index is 2.07. The highest BCUT2D eigenvalue weighted by Gasteiger charge is 2.25. The fourth-order valence-corrected chi connectivity index (χ4v) is 2.82. The Morgan fingerprint density at radius 1 is 1.32 bits per heavy atom. The molecule has 0 radical (unpaired) electrons. The molecule has 19 heavy (non-hydrogen) atoms. The summed E-state index contributed by atoms with van der Waals surface area (Å²) in [5.41, 5.74) is 2.37. The first-order chi connectivity index (χ1) is 9.05. The van der Waals surface area contributed by atoms with Crippen LogP contribution in [0.5, 0.6) is 0 Å². The molecule has 3 nitrogen and oxygen atoms in total. The maximum absolute atomic E-state index is 5.79. The van der Waals surface area contributed by atoms with Gasteiger partial charge in [-0.1, -0.05) is 32.9 Å². The minimum Gasteiger partial charge on any atom is -0.376 e. The number of rotatable bonds is 2.